The number of H-pyrrole nitrogens is 2. The molecule has 0 bridgehead atoms. The highest BCUT2D eigenvalue weighted by Gasteiger charge is 2.31. The number of hydrogen-bond acceptors (Lipinski definition) is 6. The minimum atomic E-state index is -0.747. The van der Waals surface area contributed by atoms with Crippen LogP contribution < -0.4 is 16.0 Å². The Balaban J connectivity index is 1.67. The zero-order chi connectivity index (χ0) is 27.0. The molecule has 10 heteroatoms. The minimum absolute atomic E-state index is 0.201. The van der Waals surface area contributed by atoms with E-state index in [2.05, 4.69) is 20.2 Å². The van der Waals surface area contributed by atoms with Gasteiger partial charge in [0.25, 0.3) is 0 Å². The van der Waals surface area contributed by atoms with Gasteiger partial charge >= 0.3 is 17.2 Å². The van der Waals surface area contributed by atoms with E-state index < -0.39 is 28.2 Å². The lowest BCUT2D eigenvalue weighted by atomic mass is 9.84. The Hall–Kier alpha value is -4.34. The fourth-order valence-corrected chi connectivity index (χ4v) is 3.84. The Kier molecular flexibility index (Phi) is 6.68. The van der Waals surface area contributed by atoms with Gasteiger partial charge in [-0.25, -0.2) is 9.18 Å². The van der Waals surface area contributed by atoms with E-state index >= 15 is 0 Å². The molecule has 0 saturated heterocycles. The third-order valence-electron chi connectivity index (χ3n) is 5.74. The second-order valence-corrected chi connectivity index (χ2v) is 10.4. The monoisotopic (exact) mass is 505 g/mol. The van der Waals surface area contributed by atoms with Gasteiger partial charge in [-0.05, 0) is 62.7 Å². The van der Waals surface area contributed by atoms with Crippen molar-refractivity contribution in [3.8, 4) is 11.3 Å². The van der Waals surface area contributed by atoms with Gasteiger partial charge < -0.3 is 14.7 Å². The molecule has 4 aromatic rings. The maximum Gasteiger partial charge on any atom is 0.416 e. The van der Waals surface area contributed by atoms with E-state index in [9.17, 15) is 18.8 Å². The molecule has 1 amide bonds. The summed E-state index contributed by atoms with van der Waals surface area (Å²) < 4.78 is 19.1. The summed E-state index contributed by atoms with van der Waals surface area (Å²) in [6.45, 7) is 9.42. The molecule has 0 unspecified atom stereocenters. The van der Waals surface area contributed by atoms with Crippen LogP contribution in [0.3, 0.4) is 0 Å². The van der Waals surface area contributed by atoms with E-state index in [0.29, 0.717) is 22.3 Å². The lowest BCUT2D eigenvalue weighted by Gasteiger charge is -2.33. The van der Waals surface area contributed by atoms with Crippen LogP contribution in [0.5, 0.6) is 0 Å². The third kappa shape index (κ3) is 5.91. The van der Waals surface area contributed by atoms with Crippen molar-refractivity contribution in [3.63, 3.8) is 0 Å². The van der Waals surface area contributed by atoms with Crippen LogP contribution in [0.25, 0.3) is 22.3 Å². The largest absolute Gasteiger partial charge is 0.443 e. The van der Waals surface area contributed by atoms with Crippen LogP contribution in [-0.4, -0.2) is 38.4 Å². The summed E-state index contributed by atoms with van der Waals surface area (Å²) in [4.78, 5) is 42.9. The van der Waals surface area contributed by atoms with Crippen molar-refractivity contribution in [3.05, 3.63) is 86.7 Å². The standard InChI is InChI=1S/C27H28FN5O4/c1-26(2,3)37-25(36)33(15-27(4,5)17-7-9-18(28)10-8-17)22-13-12-19(31-32-22)16-6-11-20-21(14-16)30-24(35)23(34)29-20/h6-14H,15H2,1-5H3,(H,29,34)(H,30,35). The first kappa shape index (κ1) is 25.7. The first-order valence-corrected chi connectivity index (χ1v) is 11.7. The van der Waals surface area contributed by atoms with Crippen molar-refractivity contribution in [2.75, 3.05) is 11.4 Å². The Morgan fingerprint density at radius 1 is 0.892 bits per heavy atom. The maximum absolute atomic E-state index is 13.5. The molecule has 2 heterocycles. The number of ether oxygens (including phenoxy) is 1. The number of anilines is 1. The molecule has 2 N–H and O–H groups in total. The zero-order valence-corrected chi connectivity index (χ0v) is 21.3. The van der Waals surface area contributed by atoms with E-state index in [1.165, 1.54) is 17.0 Å². The number of carbonyl (C=O) groups excluding carboxylic acids is 1. The van der Waals surface area contributed by atoms with Crippen LogP contribution in [0.1, 0.15) is 40.2 Å². The number of fused-ring (bicyclic) bond motifs is 1. The SMILES string of the molecule is CC(C)(C)OC(=O)N(CC(C)(C)c1ccc(F)cc1)c1ccc(-c2ccc3[nH]c(=O)c(=O)[nH]c3c2)nn1. The van der Waals surface area contributed by atoms with Crippen molar-refractivity contribution < 1.29 is 13.9 Å². The molecule has 2 aromatic heterocycles. The number of rotatable bonds is 5. The van der Waals surface area contributed by atoms with Gasteiger partial charge in [-0.1, -0.05) is 32.0 Å². The normalized spacial score (nSPS) is 11.9. The van der Waals surface area contributed by atoms with Crippen LogP contribution >= 0.6 is 0 Å². The lowest BCUT2D eigenvalue weighted by Crippen LogP contribution is -2.44. The average molecular weight is 506 g/mol. The second-order valence-electron chi connectivity index (χ2n) is 10.4. The number of nitrogens with zero attached hydrogens (tertiary/aromatic N) is 3. The summed E-state index contributed by atoms with van der Waals surface area (Å²) in [5.74, 6) is -0.0548. The Morgan fingerprint density at radius 3 is 2.14 bits per heavy atom. The molecule has 9 nitrogen and oxygen atoms in total. The van der Waals surface area contributed by atoms with Gasteiger partial charge in [-0.2, -0.15) is 0 Å². The third-order valence-corrected chi connectivity index (χ3v) is 5.74. The van der Waals surface area contributed by atoms with Gasteiger partial charge in [0, 0.05) is 17.5 Å². The Labute approximate surface area is 212 Å². The molecular weight excluding hydrogens is 477 g/mol. The highest BCUT2D eigenvalue weighted by atomic mass is 19.1. The Morgan fingerprint density at radius 2 is 1.54 bits per heavy atom. The van der Waals surface area contributed by atoms with Crippen molar-refractivity contribution in [1.82, 2.24) is 20.2 Å². The van der Waals surface area contributed by atoms with Crippen molar-refractivity contribution in [2.24, 2.45) is 0 Å². The molecule has 0 atom stereocenters. The molecule has 0 fully saturated rings. The van der Waals surface area contributed by atoms with Crippen molar-refractivity contribution in [1.29, 1.82) is 0 Å². The average Bonchev–Trinajstić information content (AvgIpc) is 2.82. The number of carbonyl (C=O) groups is 1. The number of aromatic amines is 2. The van der Waals surface area contributed by atoms with E-state index in [1.807, 2.05) is 13.8 Å². The zero-order valence-electron chi connectivity index (χ0n) is 21.3. The van der Waals surface area contributed by atoms with Gasteiger partial charge in [-0.3, -0.25) is 14.5 Å². The number of halogens is 1. The molecule has 0 aliphatic rings. The number of nitrogens with one attached hydrogen (secondary N) is 2. The fourth-order valence-electron chi connectivity index (χ4n) is 3.84. The molecule has 4 rings (SSSR count). The second kappa shape index (κ2) is 9.61. The highest BCUT2D eigenvalue weighted by Crippen LogP contribution is 2.29. The molecule has 37 heavy (non-hydrogen) atoms. The van der Waals surface area contributed by atoms with E-state index in [4.69, 9.17) is 4.74 Å². The molecule has 0 aliphatic heterocycles. The lowest BCUT2D eigenvalue weighted by molar-refractivity contribution is 0.0572. The first-order chi connectivity index (χ1) is 17.3. The molecule has 0 spiro atoms. The van der Waals surface area contributed by atoms with E-state index in [1.54, 1.807) is 63.2 Å². The highest BCUT2D eigenvalue weighted by molar-refractivity contribution is 5.87. The summed E-state index contributed by atoms with van der Waals surface area (Å²) in [5.41, 5.74) is 0.164. The number of hydrogen-bond donors (Lipinski definition) is 2. The minimum Gasteiger partial charge on any atom is -0.443 e. The van der Waals surface area contributed by atoms with E-state index in [0.717, 1.165) is 5.56 Å². The smallest absolute Gasteiger partial charge is 0.416 e. The van der Waals surface area contributed by atoms with Crippen molar-refractivity contribution in [2.45, 2.75) is 45.6 Å². The summed E-state index contributed by atoms with van der Waals surface area (Å²) >= 11 is 0. The van der Waals surface area contributed by atoms with Gasteiger partial charge in [0.2, 0.25) is 0 Å². The predicted molar refractivity (Wildman–Crippen MR) is 139 cm³/mol. The molecule has 0 radical (unpaired) electrons. The van der Waals surface area contributed by atoms with Crippen LogP contribution in [0, 0.1) is 5.82 Å². The van der Waals surface area contributed by atoms with Gasteiger partial charge in [-0.15, -0.1) is 10.2 Å². The molecule has 0 aliphatic carbocycles. The van der Waals surface area contributed by atoms with E-state index in [-0.39, 0.29) is 18.2 Å². The van der Waals surface area contributed by atoms with Crippen LogP contribution in [-0.2, 0) is 10.2 Å². The van der Waals surface area contributed by atoms with Crippen LogP contribution in [0.4, 0.5) is 15.0 Å². The first-order valence-electron chi connectivity index (χ1n) is 11.7. The maximum atomic E-state index is 13.5. The number of benzene rings is 2. The van der Waals surface area contributed by atoms with Crippen LogP contribution in [0.15, 0.2) is 64.2 Å². The van der Waals surface area contributed by atoms with Gasteiger partial charge in [0.05, 0.1) is 16.7 Å². The summed E-state index contributed by atoms with van der Waals surface area (Å²) in [7, 11) is 0. The summed E-state index contributed by atoms with van der Waals surface area (Å²) in [5, 5.41) is 8.59. The molecular formula is C27H28FN5O4. The topological polar surface area (TPSA) is 121 Å². The molecule has 2 aromatic carbocycles. The van der Waals surface area contributed by atoms with Gasteiger partial charge in [0.1, 0.15) is 11.4 Å². The van der Waals surface area contributed by atoms with Crippen LogP contribution in [0.2, 0.25) is 0 Å². The fraction of sp³-hybridized carbons (Fsp3) is 0.296. The molecule has 192 valence electrons. The summed E-state index contributed by atoms with van der Waals surface area (Å²) in [6, 6.07) is 14.6. The quantitative estimate of drug-likeness (QED) is 0.385. The Bertz CT molecular complexity index is 1550. The van der Waals surface area contributed by atoms with Gasteiger partial charge in [0.15, 0.2) is 5.82 Å². The number of aromatic nitrogens is 4. The predicted octanol–water partition coefficient (Wildman–Crippen LogP) is 4.53. The number of amides is 1. The van der Waals surface area contributed by atoms with Crippen molar-refractivity contribution >= 4 is 22.9 Å². The summed E-state index contributed by atoms with van der Waals surface area (Å²) in [6.07, 6.45) is -0.586. The molecule has 0 saturated carbocycles.